The molecular weight excluding hydrogens is 386 g/mol. The number of hydrogen-bond acceptors (Lipinski definition) is 4. The molecule has 0 saturated carbocycles. The summed E-state index contributed by atoms with van der Waals surface area (Å²) in [4.78, 5) is 5.89. The average molecular weight is 408 g/mol. The summed E-state index contributed by atoms with van der Waals surface area (Å²) in [5.74, 6) is 0.854. The lowest BCUT2D eigenvalue weighted by atomic mass is 10.1. The molecule has 0 unspecified atom stereocenters. The van der Waals surface area contributed by atoms with Crippen LogP contribution in [0.3, 0.4) is 0 Å². The molecule has 3 rings (SSSR count). The van der Waals surface area contributed by atoms with Crippen LogP contribution in [-0.4, -0.2) is 21.7 Å². The van der Waals surface area contributed by atoms with Crippen molar-refractivity contribution in [3.63, 3.8) is 0 Å². The van der Waals surface area contributed by atoms with Crippen molar-refractivity contribution in [1.29, 1.82) is 0 Å². The van der Waals surface area contributed by atoms with E-state index in [1.165, 1.54) is 24.8 Å². The number of unbranched alkanes of at least 4 members (excludes halogenated alkanes) is 2. The van der Waals surface area contributed by atoms with Gasteiger partial charge in [0.25, 0.3) is 0 Å². The summed E-state index contributed by atoms with van der Waals surface area (Å²) in [6, 6.07) is 4.17. The van der Waals surface area contributed by atoms with E-state index in [-0.39, 0.29) is 0 Å². The fraction of sp³-hybridized carbons (Fsp3) is 0.444. The molecule has 0 atom stereocenters. The minimum atomic E-state index is 0.854. The van der Waals surface area contributed by atoms with Gasteiger partial charge >= 0.3 is 0 Å². The number of thiophene rings is 1. The lowest BCUT2D eigenvalue weighted by Gasteiger charge is -2.07. The molecule has 0 bridgehead atoms. The van der Waals surface area contributed by atoms with E-state index in [1.54, 1.807) is 18.4 Å². The molecule has 0 aromatic carbocycles. The fourth-order valence-corrected chi connectivity index (χ4v) is 4.63. The highest BCUT2D eigenvalue weighted by atomic mass is 79.9. The van der Waals surface area contributed by atoms with E-state index in [0.29, 0.717) is 0 Å². The second kappa shape index (κ2) is 7.23. The van der Waals surface area contributed by atoms with Crippen LogP contribution in [0, 0.1) is 13.8 Å². The Morgan fingerprint density at radius 3 is 2.75 bits per heavy atom. The second-order valence-electron chi connectivity index (χ2n) is 6.00. The van der Waals surface area contributed by atoms with E-state index in [9.17, 15) is 0 Å². The summed E-state index contributed by atoms with van der Waals surface area (Å²) in [6.45, 7) is 6.32. The third-order valence-corrected chi connectivity index (χ3v) is 5.74. The molecule has 3 heterocycles. The number of imidazole rings is 1. The molecule has 0 radical (unpaired) electrons. The number of fused-ring (bicyclic) bond motifs is 1. The van der Waals surface area contributed by atoms with Crippen LogP contribution in [0.4, 0.5) is 0 Å². The highest BCUT2D eigenvalue weighted by Crippen LogP contribution is 2.42. The summed E-state index contributed by atoms with van der Waals surface area (Å²) < 4.78 is 8.58. The quantitative estimate of drug-likeness (QED) is 0.500. The first-order valence-corrected chi connectivity index (χ1v) is 9.85. The predicted octanol–water partition coefficient (Wildman–Crippen LogP) is 5.58. The normalized spacial score (nSPS) is 11.4. The van der Waals surface area contributed by atoms with Gasteiger partial charge in [0.05, 0.1) is 27.2 Å². The summed E-state index contributed by atoms with van der Waals surface area (Å²) in [5.41, 5.74) is 5.27. The molecule has 0 N–H and O–H groups in total. The van der Waals surface area contributed by atoms with Crippen LogP contribution in [0.2, 0.25) is 0 Å². The van der Waals surface area contributed by atoms with Gasteiger partial charge in [-0.3, -0.25) is 0 Å². The Kier molecular flexibility index (Phi) is 5.25. The number of methoxy groups -OCH3 is 1. The molecule has 128 valence electrons. The zero-order valence-corrected chi connectivity index (χ0v) is 16.9. The van der Waals surface area contributed by atoms with Crippen LogP contribution in [0.1, 0.15) is 43.1 Å². The number of nitrogens with zero attached hydrogens (tertiary/aromatic N) is 3. The minimum Gasteiger partial charge on any atom is -0.495 e. The number of halogens is 1. The van der Waals surface area contributed by atoms with Gasteiger partial charge in [-0.05, 0) is 54.2 Å². The highest BCUT2D eigenvalue weighted by molar-refractivity contribution is 9.11. The molecule has 3 aromatic heterocycles. The smallest absolute Gasteiger partial charge is 0.157 e. The summed E-state index contributed by atoms with van der Waals surface area (Å²) in [6.07, 6.45) is 4.69. The minimum absolute atomic E-state index is 0.854. The topological polar surface area (TPSA) is 39.4 Å². The first-order valence-electron chi connectivity index (χ1n) is 8.24. The largest absolute Gasteiger partial charge is 0.495 e. The van der Waals surface area contributed by atoms with Crippen LogP contribution < -0.4 is 4.74 Å². The van der Waals surface area contributed by atoms with Crippen LogP contribution in [0.5, 0.6) is 5.75 Å². The van der Waals surface area contributed by atoms with E-state index in [0.717, 1.165) is 43.6 Å². The summed E-state index contributed by atoms with van der Waals surface area (Å²) >= 11 is 5.21. The van der Waals surface area contributed by atoms with E-state index < -0.39 is 0 Å². The first kappa shape index (κ1) is 17.4. The Labute approximate surface area is 155 Å². The van der Waals surface area contributed by atoms with Crippen molar-refractivity contribution in [3.8, 4) is 16.3 Å². The molecule has 0 aliphatic heterocycles. The van der Waals surface area contributed by atoms with E-state index >= 15 is 0 Å². The van der Waals surface area contributed by atoms with Gasteiger partial charge in [0.1, 0.15) is 11.4 Å². The molecule has 24 heavy (non-hydrogen) atoms. The molecule has 3 aromatic rings. The van der Waals surface area contributed by atoms with Crippen molar-refractivity contribution in [2.45, 2.75) is 46.5 Å². The van der Waals surface area contributed by atoms with Gasteiger partial charge in [-0.2, -0.15) is 5.10 Å². The Balaban J connectivity index is 2.17. The first-order chi connectivity index (χ1) is 11.5. The van der Waals surface area contributed by atoms with E-state index in [1.807, 2.05) is 24.4 Å². The molecule has 0 spiro atoms. The third kappa shape index (κ3) is 3.22. The average Bonchev–Trinajstić information content (AvgIpc) is 3.06. The van der Waals surface area contributed by atoms with E-state index in [2.05, 4.69) is 28.9 Å². The summed E-state index contributed by atoms with van der Waals surface area (Å²) in [5, 5.41) is 4.74. The Morgan fingerprint density at radius 2 is 2.04 bits per heavy atom. The van der Waals surface area contributed by atoms with Crippen LogP contribution in [0.15, 0.2) is 15.9 Å². The van der Waals surface area contributed by atoms with Crippen LogP contribution in [-0.2, 0) is 6.42 Å². The van der Waals surface area contributed by atoms with Gasteiger partial charge in [-0.1, -0.05) is 19.8 Å². The number of hydrogen-bond donors (Lipinski definition) is 0. The lowest BCUT2D eigenvalue weighted by Crippen LogP contribution is -2.01. The second-order valence-corrected chi connectivity index (χ2v) is 8.43. The van der Waals surface area contributed by atoms with Crippen molar-refractivity contribution >= 4 is 32.9 Å². The Hall–Kier alpha value is -1.40. The maximum absolute atomic E-state index is 5.55. The number of aromatic nitrogens is 3. The highest BCUT2D eigenvalue weighted by Gasteiger charge is 2.20. The number of ether oxygens (including phenoxy) is 1. The number of rotatable bonds is 6. The van der Waals surface area contributed by atoms with Gasteiger partial charge in [-0.15, -0.1) is 11.3 Å². The SMILES string of the molecule is CCCCCc1cc(C)nn2c(-c3sc(Br)cc3OC)c(C)nc12. The van der Waals surface area contributed by atoms with Gasteiger partial charge in [0.15, 0.2) is 5.65 Å². The van der Waals surface area contributed by atoms with Crippen molar-refractivity contribution in [3.05, 3.63) is 32.9 Å². The predicted molar refractivity (Wildman–Crippen MR) is 103 cm³/mol. The van der Waals surface area contributed by atoms with Crippen molar-refractivity contribution in [1.82, 2.24) is 14.6 Å². The van der Waals surface area contributed by atoms with Gasteiger partial charge in [0, 0.05) is 6.07 Å². The number of aryl methyl sites for hydroxylation is 3. The molecule has 0 amide bonds. The van der Waals surface area contributed by atoms with Crippen molar-refractivity contribution in [2.24, 2.45) is 0 Å². The van der Waals surface area contributed by atoms with Gasteiger partial charge < -0.3 is 4.74 Å². The standard InChI is InChI=1S/C18H22BrN3OS/c1-5-6-7-8-13-9-11(2)21-22-16(12(3)20-18(13)22)17-14(23-4)10-15(19)24-17/h9-10H,5-8H2,1-4H3. The van der Waals surface area contributed by atoms with Crippen molar-refractivity contribution < 1.29 is 4.74 Å². The van der Waals surface area contributed by atoms with Gasteiger partial charge in [0.2, 0.25) is 0 Å². The zero-order valence-electron chi connectivity index (χ0n) is 14.5. The zero-order chi connectivity index (χ0) is 17.3. The molecular formula is C18H22BrN3OS. The van der Waals surface area contributed by atoms with Gasteiger partial charge in [-0.25, -0.2) is 9.50 Å². The molecule has 0 aliphatic rings. The molecule has 0 aliphatic carbocycles. The third-order valence-electron chi connectivity index (χ3n) is 4.11. The van der Waals surface area contributed by atoms with Crippen LogP contribution >= 0.6 is 27.3 Å². The van der Waals surface area contributed by atoms with E-state index in [4.69, 9.17) is 14.8 Å². The summed E-state index contributed by atoms with van der Waals surface area (Å²) in [7, 11) is 1.70. The Bertz CT molecular complexity index is 869. The van der Waals surface area contributed by atoms with Crippen molar-refractivity contribution in [2.75, 3.05) is 7.11 Å². The van der Waals surface area contributed by atoms with Crippen LogP contribution in [0.25, 0.3) is 16.2 Å². The Morgan fingerprint density at radius 1 is 1.25 bits per heavy atom. The lowest BCUT2D eigenvalue weighted by molar-refractivity contribution is 0.418. The maximum Gasteiger partial charge on any atom is 0.157 e. The molecule has 6 heteroatoms. The molecule has 0 saturated heterocycles. The maximum atomic E-state index is 5.55. The fourth-order valence-electron chi connectivity index (χ4n) is 3.00. The molecule has 4 nitrogen and oxygen atoms in total. The monoisotopic (exact) mass is 407 g/mol. The molecule has 0 fully saturated rings.